The van der Waals surface area contributed by atoms with Crippen molar-refractivity contribution in [2.45, 2.75) is 18.9 Å². The predicted molar refractivity (Wildman–Crippen MR) is 124 cm³/mol. The van der Waals surface area contributed by atoms with Gasteiger partial charge in [0.2, 0.25) is 0 Å². The number of ether oxygens (including phenoxy) is 1. The van der Waals surface area contributed by atoms with E-state index in [4.69, 9.17) is 4.74 Å². The van der Waals surface area contributed by atoms with Crippen LogP contribution in [0, 0.1) is 0 Å². The van der Waals surface area contributed by atoms with Crippen molar-refractivity contribution >= 4 is 16.6 Å². The van der Waals surface area contributed by atoms with Gasteiger partial charge in [0, 0.05) is 67.6 Å². The molecule has 3 aromatic rings. The second kappa shape index (κ2) is 9.21. The van der Waals surface area contributed by atoms with Gasteiger partial charge in [-0.15, -0.1) is 0 Å². The van der Waals surface area contributed by atoms with Crippen LogP contribution in [0.1, 0.15) is 12.8 Å². The highest BCUT2D eigenvalue weighted by Gasteiger charge is 2.20. The molecule has 0 bridgehead atoms. The fourth-order valence-corrected chi connectivity index (χ4v) is 4.69. The molecule has 2 fully saturated rings. The lowest BCUT2D eigenvalue weighted by atomic mass is 10.0. The summed E-state index contributed by atoms with van der Waals surface area (Å²) < 4.78 is 5.43. The molecule has 0 spiro atoms. The predicted octanol–water partition coefficient (Wildman–Crippen LogP) is 3.73. The minimum Gasteiger partial charge on any atom is -0.379 e. The summed E-state index contributed by atoms with van der Waals surface area (Å²) in [7, 11) is 0. The molecule has 0 amide bonds. The number of aromatic nitrogens is 1. The number of piperidine rings is 1. The summed E-state index contributed by atoms with van der Waals surface area (Å²) in [5, 5.41) is 5.04. The lowest BCUT2D eigenvalue weighted by Gasteiger charge is -2.35. The van der Waals surface area contributed by atoms with Crippen LogP contribution in [0.2, 0.25) is 0 Å². The van der Waals surface area contributed by atoms with E-state index in [0.29, 0.717) is 6.04 Å². The number of morpholine rings is 1. The molecule has 0 atom stereocenters. The van der Waals surface area contributed by atoms with Gasteiger partial charge in [-0.2, -0.15) is 0 Å². The number of rotatable bonds is 6. The minimum absolute atomic E-state index is 0.638. The average molecular weight is 405 g/mol. The number of nitrogens with zero attached hydrogens (tertiary/aromatic N) is 2. The van der Waals surface area contributed by atoms with E-state index in [2.05, 4.69) is 74.7 Å². The Labute approximate surface area is 179 Å². The van der Waals surface area contributed by atoms with Gasteiger partial charge < -0.3 is 19.9 Å². The van der Waals surface area contributed by atoms with E-state index in [1.807, 2.05) is 0 Å². The van der Waals surface area contributed by atoms with Crippen molar-refractivity contribution in [3.05, 3.63) is 54.6 Å². The van der Waals surface area contributed by atoms with Crippen LogP contribution >= 0.6 is 0 Å². The van der Waals surface area contributed by atoms with Crippen LogP contribution in [-0.4, -0.2) is 68.4 Å². The monoisotopic (exact) mass is 404 g/mol. The van der Waals surface area contributed by atoms with Crippen molar-refractivity contribution in [3.8, 4) is 11.3 Å². The van der Waals surface area contributed by atoms with E-state index < -0.39 is 0 Å². The molecule has 0 unspecified atom stereocenters. The van der Waals surface area contributed by atoms with E-state index >= 15 is 0 Å². The number of benzene rings is 2. The molecule has 3 heterocycles. The number of para-hydroxylation sites is 1. The van der Waals surface area contributed by atoms with E-state index in [1.165, 1.54) is 40.7 Å². The SMILES string of the molecule is c1cc(-c2cc3ccccc3[nH]2)cc(N2CCC(NCCN3CCOCC3)CC2)c1. The summed E-state index contributed by atoms with van der Waals surface area (Å²) in [6, 6.07) is 20.3. The lowest BCUT2D eigenvalue weighted by molar-refractivity contribution is 0.0380. The summed E-state index contributed by atoms with van der Waals surface area (Å²) >= 11 is 0. The summed E-state index contributed by atoms with van der Waals surface area (Å²) in [5.74, 6) is 0. The molecule has 2 aliphatic rings. The number of aromatic amines is 1. The molecule has 5 rings (SSSR count). The Hall–Kier alpha value is -2.34. The number of hydrogen-bond donors (Lipinski definition) is 2. The van der Waals surface area contributed by atoms with Crippen LogP contribution in [0.3, 0.4) is 0 Å². The van der Waals surface area contributed by atoms with Gasteiger partial charge in [-0.1, -0.05) is 30.3 Å². The topological polar surface area (TPSA) is 43.5 Å². The first kappa shape index (κ1) is 19.6. The van der Waals surface area contributed by atoms with Gasteiger partial charge >= 0.3 is 0 Å². The second-order valence-corrected chi connectivity index (χ2v) is 8.49. The number of nitrogens with one attached hydrogen (secondary N) is 2. The van der Waals surface area contributed by atoms with Crippen molar-refractivity contribution in [2.24, 2.45) is 0 Å². The molecule has 0 aliphatic carbocycles. The Kier molecular flexibility index (Phi) is 6.02. The third kappa shape index (κ3) is 4.53. The van der Waals surface area contributed by atoms with Crippen molar-refractivity contribution in [1.82, 2.24) is 15.2 Å². The molecule has 158 valence electrons. The summed E-state index contributed by atoms with van der Waals surface area (Å²) in [6.45, 7) is 8.37. The molecular weight excluding hydrogens is 372 g/mol. The Balaban J connectivity index is 1.16. The van der Waals surface area contributed by atoms with Crippen LogP contribution < -0.4 is 10.2 Å². The Morgan fingerprint density at radius 1 is 0.933 bits per heavy atom. The molecule has 5 nitrogen and oxygen atoms in total. The Morgan fingerprint density at radius 3 is 2.60 bits per heavy atom. The van der Waals surface area contributed by atoms with Crippen LogP contribution in [0.25, 0.3) is 22.2 Å². The highest BCUT2D eigenvalue weighted by Crippen LogP contribution is 2.28. The van der Waals surface area contributed by atoms with Gasteiger partial charge in [0.15, 0.2) is 0 Å². The molecule has 2 aromatic carbocycles. The van der Waals surface area contributed by atoms with Gasteiger partial charge in [0.05, 0.1) is 13.2 Å². The maximum absolute atomic E-state index is 5.43. The first-order chi connectivity index (χ1) is 14.8. The molecule has 30 heavy (non-hydrogen) atoms. The molecule has 0 saturated carbocycles. The third-order valence-electron chi connectivity index (χ3n) is 6.51. The van der Waals surface area contributed by atoms with Crippen molar-refractivity contribution in [2.75, 3.05) is 57.4 Å². The standard InChI is InChI=1S/C25H32N4O/c1-2-7-24-21(4-1)19-25(27-24)20-5-3-6-23(18-20)29-11-8-22(9-12-29)26-10-13-28-14-16-30-17-15-28/h1-7,18-19,22,26-27H,8-17H2. The third-order valence-corrected chi connectivity index (χ3v) is 6.51. The van der Waals surface area contributed by atoms with Crippen LogP contribution in [0.4, 0.5) is 5.69 Å². The maximum atomic E-state index is 5.43. The highest BCUT2D eigenvalue weighted by atomic mass is 16.5. The van der Waals surface area contributed by atoms with Gasteiger partial charge in [-0.25, -0.2) is 0 Å². The van der Waals surface area contributed by atoms with Gasteiger partial charge in [-0.05, 0) is 42.7 Å². The van der Waals surface area contributed by atoms with Gasteiger partial charge in [0.25, 0.3) is 0 Å². The zero-order valence-corrected chi connectivity index (χ0v) is 17.6. The van der Waals surface area contributed by atoms with E-state index in [-0.39, 0.29) is 0 Å². The summed E-state index contributed by atoms with van der Waals surface area (Å²) in [4.78, 5) is 8.59. The van der Waals surface area contributed by atoms with Crippen LogP contribution in [0.15, 0.2) is 54.6 Å². The summed E-state index contributed by atoms with van der Waals surface area (Å²) in [5.41, 5.74) is 4.98. The molecule has 0 radical (unpaired) electrons. The Bertz CT molecular complexity index is 921. The first-order valence-electron chi connectivity index (χ1n) is 11.3. The van der Waals surface area contributed by atoms with E-state index in [9.17, 15) is 0 Å². The normalized spacial score (nSPS) is 18.9. The first-order valence-corrected chi connectivity index (χ1v) is 11.3. The molecular formula is C25H32N4O. The van der Waals surface area contributed by atoms with Gasteiger partial charge in [0.1, 0.15) is 0 Å². The van der Waals surface area contributed by atoms with Crippen LogP contribution in [-0.2, 0) is 4.74 Å². The smallest absolute Gasteiger partial charge is 0.0594 e. The zero-order valence-electron chi connectivity index (χ0n) is 17.6. The molecule has 2 saturated heterocycles. The molecule has 2 aliphatic heterocycles. The minimum atomic E-state index is 0.638. The zero-order chi connectivity index (χ0) is 20.2. The van der Waals surface area contributed by atoms with Crippen molar-refractivity contribution in [1.29, 1.82) is 0 Å². The van der Waals surface area contributed by atoms with E-state index in [1.54, 1.807) is 0 Å². The highest BCUT2D eigenvalue weighted by molar-refractivity contribution is 5.86. The van der Waals surface area contributed by atoms with Crippen molar-refractivity contribution < 1.29 is 4.74 Å². The molecule has 2 N–H and O–H groups in total. The second-order valence-electron chi connectivity index (χ2n) is 8.49. The van der Waals surface area contributed by atoms with E-state index in [0.717, 1.165) is 52.5 Å². The summed E-state index contributed by atoms with van der Waals surface area (Å²) in [6.07, 6.45) is 2.42. The number of fused-ring (bicyclic) bond motifs is 1. The number of H-pyrrole nitrogens is 1. The lowest BCUT2D eigenvalue weighted by Crippen LogP contribution is -2.46. The molecule has 5 heteroatoms. The number of hydrogen-bond acceptors (Lipinski definition) is 4. The largest absolute Gasteiger partial charge is 0.379 e. The number of anilines is 1. The fraction of sp³-hybridized carbons (Fsp3) is 0.440. The fourth-order valence-electron chi connectivity index (χ4n) is 4.69. The van der Waals surface area contributed by atoms with Crippen LogP contribution in [0.5, 0.6) is 0 Å². The quantitative estimate of drug-likeness (QED) is 0.657. The Morgan fingerprint density at radius 2 is 1.77 bits per heavy atom. The maximum Gasteiger partial charge on any atom is 0.0594 e. The average Bonchev–Trinajstić information content (AvgIpc) is 3.25. The molecule has 1 aromatic heterocycles. The van der Waals surface area contributed by atoms with Gasteiger partial charge in [-0.3, -0.25) is 4.90 Å². The van der Waals surface area contributed by atoms with Crippen molar-refractivity contribution in [3.63, 3.8) is 0 Å².